The lowest BCUT2D eigenvalue weighted by Crippen LogP contribution is -2.22. The van der Waals surface area contributed by atoms with Crippen molar-refractivity contribution in [3.8, 4) is 0 Å². The van der Waals surface area contributed by atoms with Crippen molar-refractivity contribution in [3.05, 3.63) is 59.0 Å². The van der Waals surface area contributed by atoms with Crippen molar-refractivity contribution in [2.75, 3.05) is 6.54 Å². The molecule has 0 saturated carbocycles. The van der Waals surface area contributed by atoms with Crippen LogP contribution < -0.4 is 5.32 Å². The molecule has 2 heteroatoms. The second kappa shape index (κ2) is 5.19. The van der Waals surface area contributed by atoms with Crippen LogP contribution in [0.1, 0.15) is 35.2 Å². The van der Waals surface area contributed by atoms with Gasteiger partial charge in [0.2, 0.25) is 0 Å². The van der Waals surface area contributed by atoms with Crippen LogP contribution in [0, 0.1) is 13.8 Å². The van der Waals surface area contributed by atoms with Gasteiger partial charge in [0, 0.05) is 5.56 Å². The Balaban J connectivity index is 2.42. The number of rotatable bonds is 4. The normalized spacial score (nSPS) is 12.6. The van der Waals surface area contributed by atoms with E-state index in [2.05, 4.69) is 44.3 Å². The Morgan fingerprint density at radius 1 is 1.24 bits per heavy atom. The zero-order chi connectivity index (χ0) is 12.3. The molecule has 1 aromatic heterocycles. The van der Waals surface area contributed by atoms with Crippen molar-refractivity contribution < 1.29 is 4.42 Å². The van der Waals surface area contributed by atoms with Crippen LogP contribution in [0.3, 0.4) is 0 Å². The molecule has 0 fully saturated rings. The van der Waals surface area contributed by atoms with Gasteiger partial charge in [-0.1, -0.05) is 30.7 Å². The Hall–Kier alpha value is -1.54. The van der Waals surface area contributed by atoms with E-state index in [9.17, 15) is 0 Å². The van der Waals surface area contributed by atoms with Gasteiger partial charge in [-0.3, -0.25) is 0 Å². The first-order valence-electron chi connectivity index (χ1n) is 6.05. The Morgan fingerprint density at radius 2 is 2.06 bits per heavy atom. The van der Waals surface area contributed by atoms with E-state index in [0.29, 0.717) is 0 Å². The largest absolute Gasteiger partial charge is 0.472 e. The van der Waals surface area contributed by atoms with E-state index >= 15 is 0 Å². The summed E-state index contributed by atoms with van der Waals surface area (Å²) in [5.74, 6) is 0. The van der Waals surface area contributed by atoms with Crippen molar-refractivity contribution >= 4 is 0 Å². The fourth-order valence-electron chi connectivity index (χ4n) is 2.12. The highest BCUT2D eigenvalue weighted by Gasteiger charge is 2.16. The molecule has 0 bridgehead atoms. The summed E-state index contributed by atoms with van der Waals surface area (Å²) in [6.07, 6.45) is 3.54. The summed E-state index contributed by atoms with van der Waals surface area (Å²) in [5.41, 5.74) is 5.11. The summed E-state index contributed by atoms with van der Waals surface area (Å²) >= 11 is 0. The van der Waals surface area contributed by atoms with Crippen molar-refractivity contribution in [3.63, 3.8) is 0 Å². The van der Waals surface area contributed by atoms with E-state index in [1.807, 2.05) is 12.3 Å². The van der Waals surface area contributed by atoms with E-state index in [1.54, 1.807) is 6.26 Å². The lowest BCUT2D eigenvalue weighted by molar-refractivity contribution is 0.552. The third-order valence-corrected chi connectivity index (χ3v) is 3.03. The van der Waals surface area contributed by atoms with Crippen LogP contribution in [0.25, 0.3) is 0 Å². The highest BCUT2D eigenvalue weighted by Crippen LogP contribution is 2.26. The molecule has 1 unspecified atom stereocenters. The van der Waals surface area contributed by atoms with Crippen molar-refractivity contribution in [1.82, 2.24) is 5.32 Å². The monoisotopic (exact) mass is 229 g/mol. The molecule has 90 valence electrons. The Bertz CT molecular complexity index is 474. The molecule has 0 aliphatic heterocycles. The predicted molar refractivity (Wildman–Crippen MR) is 70.1 cm³/mol. The van der Waals surface area contributed by atoms with E-state index in [4.69, 9.17) is 4.42 Å². The third-order valence-electron chi connectivity index (χ3n) is 3.03. The van der Waals surface area contributed by atoms with Crippen molar-refractivity contribution in [1.29, 1.82) is 0 Å². The van der Waals surface area contributed by atoms with Gasteiger partial charge in [-0.05, 0) is 37.6 Å². The molecule has 2 nitrogen and oxygen atoms in total. The summed E-state index contributed by atoms with van der Waals surface area (Å²) in [6, 6.07) is 8.82. The molecule has 17 heavy (non-hydrogen) atoms. The van der Waals surface area contributed by atoms with Crippen LogP contribution in [0.2, 0.25) is 0 Å². The highest BCUT2D eigenvalue weighted by molar-refractivity contribution is 5.38. The predicted octanol–water partition coefficient (Wildman–Crippen LogP) is 3.60. The second-order valence-corrected chi connectivity index (χ2v) is 4.41. The lowest BCUT2D eigenvalue weighted by Gasteiger charge is -2.19. The highest BCUT2D eigenvalue weighted by atomic mass is 16.3. The van der Waals surface area contributed by atoms with E-state index in [1.165, 1.54) is 22.3 Å². The Kier molecular flexibility index (Phi) is 3.64. The SMILES string of the molecule is CCNC(c1ccoc1)c1cc(C)ccc1C. The average molecular weight is 229 g/mol. The van der Waals surface area contributed by atoms with Gasteiger partial charge in [0.25, 0.3) is 0 Å². The smallest absolute Gasteiger partial charge is 0.0953 e. The van der Waals surface area contributed by atoms with Crippen LogP contribution in [0.4, 0.5) is 0 Å². The summed E-state index contributed by atoms with van der Waals surface area (Å²) in [4.78, 5) is 0. The first kappa shape index (κ1) is 11.9. The minimum absolute atomic E-state index is 0.221. The third kappa shape index (κ3) is 2.59. The maximum absolute atomic E-state index is 5.19. The Morgan fingerprint density at radius 3 is 2.71 bits per heavy atom. The van der Waals surface area contributed by atoms with Crippen LogP contribution in [-0.2, 0) is 0 Å². The fourth-order valence-corrected chi connectivity index (χ4v) is 2.12. The van der Waals surface area contributed by atoms with Gasteiger partial charge in [-0.2, -0.15) is 0 Å². The number of nitrogens with one attached hydrogen (secondary N) is 1. The first-order chi connectivity index (χ1) is 8.22. The maximum atomic E-state index is 5.19. The molecule has 0 aliphatic carbocycles. The molecule has 1 heterocycles. The van der Waals surface area contributed by atoms with Crippen LogP contribution >= 0.6 is 0 Å². The summed E-state index contributed by atoms with van der Waals surface area (Å²) in [5, 5.41) is 3.51. The maximum Gasteiger partial charge on any atom is 0.0953 e. The second-order valence-electron chi connectivity index (χ2n) is 4.41. The van der Waals surface area contributed by atoms with Crippen molar-refractivity contribution in [2.45, 2.75) is 26.8 Å². The quantitative estimate of drug-likeness (QED) is 0.866. The zero-order valence-corrected chi connectivity index (χ0v) is 10.7. The average Bonchev–Trinajstić information content (AvgIpc) is 2.83. The van der Waals surface area contributed by atoms with Gasteiger partial charge < -0.3 is 9.73 Å². The lowest BCUT2D eigenvalue weighted by atomic mass is 9.95. The molecule has 0 aliphatic rings. The zero-order valence-electron chi connectivity index (χ0n) is 10.7. The number of furan rings is 1. The molecule has 2 rings (SSSR count). The minimum Gasteiger partial charge on any atom is -0.472 e. The van der Waals surface area contributed by atoms with Gasteiger partial charge in [0.15, 0.2) is 0 Å². The topological polar surface area (TPSA) is 25.2 Å². The number of benzene rings is 1. The molecule has 0 amide bonds. The van der Waals surface area contributed by atoms with Gasteiger partial charge in [0.05, 0.1) is 18.6 Å². The van der Waals surface area contributed by atoms with E-state index in [-0.39, 0.29) is 6.04 Å². The molecular weight excluding hydrogens is 210 g/mol. The molecule has 0 radical (unpaired) electrons. The van der Waals surface area contributed by atoms with Crippen LogP contribution in [0.5, 0.6) is 0 Å². The number of hydrogen-bond acceptors (Lipinski definition) is 2. The van der Waals surface area contributed by atoms with Crippen molar-refractivity contribution in [2.24, 2.45) is 0 Å². The molecule has 0 spiro atoms. The summed E-state index contributed by atoms with van der Waals surface area (Å²) in [6.45, 7) is 7.34. The molecule has 0 saturated heterocycles. The van der Waals surface area contributed by atoms with E-state index < -0.39 is 0 Å². The molecule has 1 atom stereocenters. The molecule has 1 aromatic carbocycles. The summed E-state index contributed by atoms with van der Waals surface area (Å²) in [7, 11) is 0. The number of hydrogen-bond donors (Lipinski definition) is 1. The minimum atomic E-state index is 0.221. The molecule has 1 N–H and O–H groups in total. The molecule has 2 aromatic rings. The molecular formula is C15H19NO. The first-order valence-corrected chi connectivity index (χ1v) is 6.05. The van der Waals surface area contributed by atoms with E-state index in [0.717, 1.165) is 6.54 Å². The van der Waals surface area contributed by atoms with Crippen LogP contribution in [-0.4, -0.2) is 6.54 Å². The summed E-state index contributed by atoms with van der Waals surface area (Å²) < 4.78 is 5.19. The van der Waals surface area contributed by atoms with Gasteiger partial charge in [-0.25, -0.2) is 0 Å². The van der Waals surface area contributed by atoms with Gasteiger partial charge >= 0.3 is 0 Å². The fraction of sp³-hybridized carbons (Fsp3) is 0.333. The standard InChI is InChI=1S/C15H19NO/c1-4-16-15(13-7-8-17-10-13)14-9-11(2)5-6-12(14)3/h5-10,15-16H,4H2,1-3H3. The van der Waals surface area contributed by atoms with Gasteiger partial charge in [-0.15, -0.1) is 0 Å². The Labute approximate surface area is 103 Å². The van der Waals surface area contributed by atoms with Crippen LogP contribution in [0.15, 0.2) is 41.2 Å². The number of aryl methyl sites for hydroxylation is 2. The van der Waals surface area contributed by atoms with Gasteiger partial charge in [0.1, 0.15) is 0 Å².